The highest BCUT2D eigenvalue weighted by atomic mass is 16.5. The molecule has 0 aliphatic carbocycles. The molecule has 1 unspecified atom stereocenters. The van der Waals surface area contributed by atoms with Crippen molar-refractivity contribution in [1.29, 1.82) is 0 Å². The quantitative estimate of drug-likeness (QED) is 0.856. The fraction of sp³-hybridized carbons (Fsp3) is 0.571. The summed E-state index contributed by atoms with van der Waals surface area (Å²) < 4.78 is 10.3. The lowest BCUT2D eigenvalue weighted by atomic mass is 9.88. The van der Waals surface area contributed by atoms with E-state index in [-0.39, 0.29) is 0 Å². The fourth-order valence-corrected chi connectivity index (χ4v) is 2.03. The number of aliphatic hydroxyl groups is 1. The molecule has 1 N–H and O–H groups in total. The monoisotopic (exact) mass is 238 g/mol. The third-order valence-electron chi connectivity index (χ3n) is 3.12. The SMILES string of the molecule is COCCC(C)(O)c1cc(C)c(OC)cc1C. The van der Waals surface area contributed by atoms with Crippen molar-refractivity contribution in [1.82, 2.24) is 0 Å². The Morgan fingerprint density at radius 2 is 1.82 bits per heavy atom. The molecule has 0 fully saturated rings. The molecule has 0 saturated heterocycles. The Hall–Kier alpha value is -1.06. The number of methoxy groups -OCH3 is 2. The van der Waals surface area contributed by atoms with Crippen LogP contribution < -0.4 is 4.74 Å². The van der Waals surface area contributed by atoms with Gasteiger partial charge >= 0.3 is 0 Å². The van der Waals surface area contributed by atoms with Crippen molar-refractivity contribution < 1.29 is 14.6 Å². The Labute approximate surface area is 103 Å². The summed E-state index contributed by atoms with van der Waals surface area (Å²) in [5.74, 6) is 0.855. The zero-order valence-electron chi connectivity index (χ0n) is 11.3. The van der Waals surface area contributed by atoms with E-state index in [1.54, 1.807) is 14.2 Å². The van der Waals surface area contributed by atoms with Crippen molar-refractivity contribution >= 4 is 0 Å². The Bertz CT molecular complexity index is 383. The lowest BCUT2D eigenvalue weighted by Gasteiger charge is -2.26. The molecule has 3 heteroatoms. The molecule has 3 nitrogen and oxygen atoms in total. The van der Waals surface area contributed by atoms with E-state index >= 15 is 0 Å². The van der Waals surface area contributed by atoms with Gasteiger partial charge in [-0.3, -0.25) is 0 Å². The minimum absolute atomic E-state index is 0.539. The molecule has 0 amide bonds. The normalized spacial score (nSPS) is 14.5. The first-order valence-electron chi connectivity index (χ1n) is 5.79. The first-order valence-corrected chi connectivity index (χ1v) is 5.79. The fourth-order valence-electron chi connectivity index (χ4n) is 2.03. The molecule has 0 heterocycles. The summed E-state index contributed by atoms with van der Waals surface area (Å²) in [6.45, 7) is 6.32. The second-order valence-corrected chi connectivity index (χ2v) is 4.65. The topological polar surface area (TPSA) is 38.7 Å². The van der Waals surface area contributed by atoms with Gasteiger partial charge in [0.2, 0.25) is 0 Å². The van der Waals surface area contributed by atoms with Gasteiger partial charge in [0.05, 0.1) is 12.7 Å². The predicted octanol–water partition coefficient (Wildman–Crippen LogP) is 2.56. The summed E-state index contributed by atoms with van der Waals surface area (Å²) in [5.41, 5.74) is 2.14. The van der Waals surface area contributed by atoms with Crippen molar-refractivity contribution in [3.63, 3.8) is 0 Å². The molecule has 0 bridgehead atoms. The van der Waals surface area contributed by atoms with Gasteiger partial charge in [-0.2, -0.15) is 0 Å². The van der Waals surface area contributed by atoms with Gasteiger partial charge in [-0.15, -0.1) is 0 Å². The van der Waals surface area contributed by atoms with Crippen LogP contribution in [0.1, 0.15) is 30.0 Å². The van der Waals surface area contributed by atoms with Gasteiger partial charge in [0, 0.05) is 20.1 Å². The van der Waals surface area contributed by atoms with Crippen LogP contribution in [-0.4, -0.2) is 25.9 Å². The smallest absolute Gasteiger partial charge is 0.122 e. The molecule has 0 aliphatic heterocycles. The standard InChI is InChI=1S/C14H22O3/c1-10-9-13(17-5)11(2)8-12(10)14(3,15)6-7-16-4/h8-9,15H,6-7H2,1-5H3. The van der Waals surface area contributed by atoms with E-state index in [0.717, 1.165) is 22.4 Å². The number of aryl methyl sites for hydroxylation is 2. The van der Waals surface area contributed by atoms with Crippen LogP contribution in [-0.2, 0) is 10.3 Å². The summed E-state index contributed by atoms with van der Waals surface area (Å²) in [7, 11) is 3.30. The summed E-state index contributed by atoms with van der Waals surface area (Å²) in [5, 5.41) is 10.5. The third-order valence-corrected chi connectivity index (χ3v) is 3.12. The molecule has 0 saturated carbocycles. The lowest BCUT2D eigenvalue weighted by Crippen LogP contribution is -2.24. The largest absolute Gasteiger partial charge is 0.496 e. The number of ether oxygens (including phenoxy) is 2. The van der Waals surface area contributed by atoms with Crippen molar-refractivity contribution in [2.75, 3.05) is 20.8 Å². The highest BCUT2D eigenvalue weighted by molar-refractivity contribution is 5.43. The second kappa shape index (κ2) is 5.52. The van der Waals surface area contributed by atoms with Gasteiger partial charge in [0.15, 0.2) is 0 Å². The van der Waals surface area contributed by atoms with Crippen LogP contribution in [0.5, 0.6) is 5.75 Å². The number of benzene rings is 1. The highest BCUT2D eigenvalue weighted by Crippen LogP contribution is 2.32. The third kappa shape index (κ3) is 3.20. The molecule has 1 rings (SSSR count). The maximum Gasteiger partial charge on any atom is 0.122 e. The summed E-state index contributed by atoms with van der Waals surface area (Å²) in [6, 6.07) is 3.95. The minimum atomic E-state index is -0.864. The first-order chi connectivity index (χ1) is 7.92. The summed E-state index contributed by atoms with van der Waals surface area (Å²) >= 11 is 0. The maximum absolute atomic E-state index is 10.5. The maximum atomic E-state index is 10.5. The van der Waals surface area contributed by atoms with Crippen LogP contribution in [0.2, 0.25) is 0 Å². The van der Waals surface area contributed by atoms with E-state index in [4.69, 9.17) is 9.47 Å². The van der Waals surface area contributed by atoms with Crippen LogP contribution in [0.25, 0.3) is 0 Å². The van der Waals surface area contributed by atoms with Crippen LogP contribution in [0.4, 0.5) is 0 Å². The van der Waals surface area contributed by atoms with Crippen molar-refractivity contribution in [3.8, 4) is 5.75 Å². The first kappa shape index (κ1) is 14.0. The molecular weight excluding hydrogens is 216 g/mol. The molecule has 0 spiro atoms. The van der Waals surface area contributed by atoms with Gasteiger partial charge in [-0.1, -0.05) is 0 Å². The molecule has 1 aromatic rings. The van der Waals surface area contributed by atoms with Crippen molar-refractivity contribution in [2.45, 2.75) is 32.8 Å². The van der Waals surface area contributed by atoms with Gasteiger partial charge in [-0.05, 0) is 49.6 Å². The van der Waals surface area contributed by atoms with Crippen molar-refractivity contribution in [3.05, 3.63) is 28.8 Å². The molecule has 96 valence electrons. The highest BCUT2D eigenvalue weighted by Gasteiger charge is 2.25. The predicted molar refractivity (Wildman–Crippen MR) is 68.5 cm³/mol. The molecule has 0 radical (unpaired) electrons. The van der Waals surface area contributed by atoms with Crippen LogP contribution in [0, 0.1) is 13.8 Å². The average molecular weight is 238 g/mol. The minimum Gasteiger partial charge on any atom is -0.496 e. The van der Waals surface area contributed by atoms with Gasteiger partial charge < -0.3 is 14.6 Å². The summed E-state index contributed by atoms with van der Waals surface area (Å²) in [4.78, 5) is 0. The van der Waals surface area contributed by atoms with Crippen molar-refractivity contribution in [2.24, 2.45) is 0 Å². The van der Waals surface area contributed by atoms with E-state index in [1.807, 2.05) is 32.9 Å². The van der Waals surface area contributed by atoms with Crippen LogP contribution >= 0.6 is 0 Å². The second-order valence-electron chi connectivity index (χ2n) is 4.65. The van der Waals surface area contributed by atoms with Gasteiger partial charge in [0.1, 0.15) is 5.75 Å². The van der Waals surface area contributed by atoms with E-state index < -0.39 is 5.60 Å². The molecule has 1 atom stereocenters. The van der Waals surface area contributed by atoms with E-state index in [0.29, 0.717) is 13.0 Å². The van der Waals surface area contributed by atoms with Crippen LogP contribution in [0.15, 0.2) is 12.1 Å². The Morgan fingerprint density at radius 1 is 1.18 bits per heavy atom. The molecule has 0 aromatic heterocycles. The average Bonchev–Trinajstić information content (AvgIpc) is 2.28. The zero-order valence-corrected chi connectivity index (χ0v) is 11.3. The van der Waals surface area contributed by atoms with E-state index in [9.17, 15) is 5.11 Å². The molecule has 1 aromatic carbocycles. The molecule has 17 heavy (non-hydrogen) atoms. The number of hydrogen-bond donors (Lipinski definition) is 1. The summed E-state index contributed by atoms with van der Waals surface area (Å²) in [6.07, 6.45) is 0.579. The zero-order chi connectivity index (χ0) is 13.1. The van der Waals surface area contributed by atoms with Crippen LogP contribution in [0.3, 0.4) is 0 Å². The number of rotatable bonds is 5. The van der Waals surface area contributed by atoms with Gasteiger partial charge in [-0.25, -0.2) is 0 Å². The van der Waals surface area contributed by atoms with Gasteiger partial charge in [0.25, 0.3) is 0 Å². The Kier molecular flexibility index (Phi) is 4.54. The lowest BCUT2D eigenvalue weighted by molar-refractivity contribution is 0.0205. The van der Waals surface area contributed by atoms with E-state index in [1.165, 1.54) is 0 Å². The molecule has 0 aliphatic rings. The number of hydrogen-bond acceptors (Lipinski definition) is 3. The molecular formula is C14H22O3. The Balaban J connectivity index is 3.09. The van der Waals surface area contributed by atoms with E-state index in [2.05, 4.69) is 0 Å². The Morgan fingerprint density at radius 3 is 2.35 bits per heavy atom.